The van der Waals surface area contributed by atoms with Crippen molar-refractivity contribution in [1.29, 1.82) is 10.5 Å². The number of benzene rings is 2. The highest BCUT2D eigenvalue weighted by Gasteiger charge is 2.23. The molecule has 1 aromatic heterocycles. The summed E-state index contributed by atoms with van der Waals surface area (Å²) in [5.74, 6) is 0.0217. The number of carbonyl (C=O) groups is 1. The van der Waals surface area contributed by atoms with Gasteiger partial charge < -0.3 is 10.1 Å². The second kappa shape index (κ2) is 10.5. The fourth-order valence-corrected chi connectivity index (χ4v) is 5.36. The van der Waals surface area contributed by atoms with Gasteiger partial charge in [-0.1, -0.05) is 46.3 Å². The molecule has 2 aromatic carbocycles. The van der Waals surface area contributed by atoms with Gasteiger partial charge in [-0.2, -0.15) is 10.5 Å². The van der Waals surface area contributed by atoms with E-state index in [1.54, 1.807) is 12.1 Å². The molecule has 0 radical (unpaired) electrons. The lowest BCUT2D eigenvalue weighted by Gasteiger charge is -2.11. The molecule has 0 spiro atoms. The minimum atomic E-state index is -0.540. The summed E-state index contributed by atoms with van der Waals surface area (Å²) >= 11 is 4.88. The maximum atomic E-state index is 12.9. The number of amides is 1. The monoisotopic (exact) mass is 517 g/mol. The number of carbonyl (C=O) groups excluding carboxylic acids is 1. The van der Waals surface area contributed by atoms with E-state index in [1.807, 2.05) is 42.5 Å². The van der Waals surface area contributed by atoms with Crippen LogP contribution in [-0.4, -0.2) is 5.91 Å². The zero-order valence-corrected chi connectivity index (χ0v) is 20.1. The molecule has 1 aliphatic carbocycles. The molecule has 0 aliphatic heterocycles. The summed E-state index contributed by atoms with van der Waals surface area (Å²) in [6.07, 6.45) is 5.42. The molecule has 0 bridgehead atoms. The van der Waals surface area contributed by atoms with E-state index in [2.05, 4.69) is 27.3 Å². The Morgan fingerprint density at radius 1 is 1.15 bits per heavy atom. The van der Waals surface area contributed by atoms with Crippen LogP contribution in [0.4, 0.5) is 5.00 Å². The van der Waals surface area contributed by atoms with Crippen LogP contribution in [0.5, 0.6) is 5.75 Å². The Balaban J connectivity index is 1.58. The summed E-state index contributed by atoms with van der Waals surface area (Å²) in [5.41, 5.74) is 3.12. The number of fused-ring (bicyclic) bond motifs is 1. The number of nitrogens with one attached hydrogen (secondary N) is 1. The highest BCUT2D eigenvalue weighted by molar-refractivity contribution is 9.10. The summed E-state index contributed by atoms with van der Waals surface area (Å²) < 4.78 is 6.77. The smallest absolute Gasteiger partial charge is 0.266 e. The van der Waals surface area contributed by atoms with Crippen molar-refractivity contribution < 1.29 is 9.53 Å². The summed E-state index contributed by atoms with van der Waals surface area (Å²) in [5, 5.41) is 22.6. The summed E-state index contributed by atoms with van der Waals surface area (Å²) in [6, 6.07) is 19.4. The van der Waals surface area contributed by atoms with Gasteiger partial charge in [-0.3, -0.25) is 4.79 Å². The molecule has 1 heterocycles. The van der Waals surface area contributed by atoms with Crippen molar-refractivity contribution >= 4 is 44.3 Å². The van der Waals surface area contributed by atoms with Gasteiger partial charge in [0.2, 0.25) is 0 Å². The second-order valence-electron chi connectivity index (χ2n) is 7.61. The van der Waals surface area contributed by atoms with Crippen molar-refractivity contribution in [3.8, 4) is 17.9 Å². The van der Waals surface area contributed by atoms with Gasteiger partial charge in [0.05, 0.1) is 5.56 Å². The topological polar surface area (TPSA) is 85.9 Å². The third-order valence-electron chi connectivity index (χ3n) is 5.38. The molecule has 33 heavy (non-hydrogen) atoms. The molecule has 0 atom stereocenters. The van der Waals surface area contributed by atoms with E-state index in [0.29, 0.717) is 28.5 Å². The van der Waals surface area contributed by atoms with E-state index < -0.39 is 5.91 Å². The molecule has 1 amide bonds. The van der Waals surface area contributed by atoms with Crippen molar-refractivity contribution in [2.75, 3.05) is 5.32 Å². The number of nitrogens with zero attached hydrogens (tertiary/aromatic N) is 2. The van der Waals surface area contributed by atoms with Crippen LogP contribution in [-0.2, 0) is 24.2 Å². The van der Waals surface area contributed by atoms with Gasteiger partial charge in [0.25, 0.3) is 5.91 Å². The van der Waals surface area contributed by atoms with E-state index in [-0.39, 0.29) is 5.57 Å². The van der Waals surface area contributed by atoms with Gasteiger partial charge in [-0.15, -0.1) is 11.3 Å². The fourth-order valence-electron chi connectivity index (χ4n) is 3.75. The number of aryl methyl sites for hydroxylation is 1. The molecule has 3 aromatic rings. The lowest BCUT2D eigenvalue weighted by Crippen LogP contribution is -2.13. The van der Waals surface area contributed by atoms with Crippen LogP contribution in [0.2, 0.25) is 0 Å². The van der Waals surface area contributed by atoms with Crippen molar-refractivity contribution in [3.63, 3.8) is 0 Å². The van der Waals surface area contributed by atoms with Crippen LogP contribution >= 0.6 is 27.3 Å². The minimum Gasteiger partial charge on any atom is -0.488 e. The normalized spacial score (nSPS) is 12.9. The molecule has 0 saturated carbocycles. The van der Waals surface area contributed by atoms with Gasteiger partial charge >= 0.3 is 0 Å². The van der Waals surface area contributed by atoms with E-state index in [9.17, 15) is 15.3 Å². The second-order valence-corrected chi connectivity index (χ2v) is 9.63. The number of hydrogen-bond acceptors (Lipinski definition) is 5. The average molecular weight is 518 g/mol. The standard InChI is InChI=1S/C26H20BrN3O2S/c27-20-10-11-23(32-16-17-6-2-1-3-7-17)18(13-20)12-19(14-28)25(31)30-26-22(15-29)21-8-4-5-9-24(21)33-26/h1-3,6-7,10-13H,4-5,8-9,16H2,(H,30,31)/b19-12+. The van der Waals surface area contributed by atoms with Gasteiger partial charge in [0, 0.05) is 14.9 Å². The Morgan fingerprint density at radius 3 is 2.70 bits per heavy atom. The Kier molecular flexibility index (Phi) is 7.24. The molecular formula is C26H20BrN3O2S. The summed E-state index contributed by atoms with van der Waals surface area (Å²) in [7, 11) is 0. The predicted octanol–water partition coefficient (Wildman–Crippen LogP) is 6.39. The van der Waals surface area contributed by atoms with E-state index in [1.165, 1.54) is 17.4 Å². The third kappa shape index (κ3) is 5.34. The first-order valence-electron chi connectivity index (χ1n) is 10.5. The number of rotatable bonds is 6. The lowest BCUT2D eigenvalue weighted by atomic mass is 9.96. The predicted molar refractivity (Wildman–Crippen MR) is 133 cm³/mol. The van der Waals surface area contributed by atoms with Crippen molar-refractivity contribution in [2.24, 2.45) is 0 Å². The average Bonchev–Trinajstić information content (AvgIpc) is 3.19. The van der Waals surface area contributed by atoms with E-state index in [4.69, 9.17) is 4.74 Å². The first kappa shape index (κ1) is 22.8. The number of hydrogen-bond donors (Lipinski definition) is 1. The Hall–Kier alpha value is -3.39. The first-order chi connectivity index (χ1) is 16.1. The number of ether oxygens (including phenoxy) is 1. The first-order valence-corrected chi connectivity index (χ1v) is 12.1. The molecule has 1 aliphatic rings. The third-order valence-corrected chi connectivity index (χ3v) is 7.08. The molecule has 0 unspecified atom stereocenters. The fraction of sp³-hybridized carbons (Fsp3) is 0.192. The zero-order valence-electron chi connectivity index (χ0n) is 17.7. The van der Waals surface area contributed by atoms with Crippen LogP contribution < -0.4 is 10.1 Å². The molecule has 0 fully saturated rings. The molecule has 7 heteroatoms. The Morgan fingerprint density at radius 2 is 1.94 bits per heavy atom. The number of nitriles is 2. The zero-order chi connectivity index (χ0) is 23.2. The molecular weight excluding hydrogens is 498 g/mol. The van der Waals surface area contributed by atoms with Gasteiger partial charge in [-0.05, 0) is 61.1 Å². The summed E-state index contributed by atoms with van der Waals surface area (Å²) in [4.78, 5) is 14.1. The van der Waals surface area contributed by atoms with Crippen LogP contribution in [0.25, 0.3) is 6.08 Å². The van der Waals surface area contributed by atoms with Gasteiger partial charge in [-0.25, -0.2) is 0 Å². The van der Waals surface area contributed by atoms with Crippen molar-refractivity contribution in [2.45, 2.75) is 32.3 Å². The Bertz CT molecular complexity index is 1300. The quantitative estimate of drug-likeness (QED) is 0.303. The highest BCUT2D eigenvalue weighted by Crippen LogP contribution is 2.38. The maximum Gasteiger partial charge on any atom is 0.266 e. The van der Waals surface area contributed by atoms with Crippen LogP contribution in [0.3, 0.4) is 0 Å². The number of thiophene rings is 1. The number of halogens is 1. The van der Waals surface area contributed by atoms with Crippen LogP contribution in [0.15, 0.2) is 58.6 Å². The largest absolute Gasteiger partial charge is 0.488 e. The lowest BCUT2D eigenvalue weighted by molar-refractivity contribution is -0.112. The van der Waals surface area contributed by atoms with Crippen molar-refractivity contribution in [3.05, 3.63) is 85.7 Å². The van der Waals surface area contributed by atoms with Crippen molar-refractivity contribution in [1.82, 2.24) is 0 Å². The minimum absolute atomic E-state index is 0.0621. The maximum absolute atomic E-state index is 12.9. The molecule has 1 N–H and O–H groups in total. The highest BCUT2D eigenvalue weighted by atomic mass is 79.9. The van der Waals surface area contributed by atoms with Crippen LogP contribution in [0, 0.1) is 22.7 Å². The van der Waals surface area contributed by atoms with Crippen LogP contribution in [0.1, 0.15) is 40.0 Å². The summed E-state index contributed by atoms with van der Waals surface area (Å²) in [6.45, 7) is 0.365. The molecule has 0 saturated heterocycles. The van der Waals surface area contributed by atoms with Gasteiger partial charge in [0.1, 0.15) is 35.1 Å². The molecule has 5 nitrogen and oxygen atoms in total. The van der Waals surface area contributed by atoms with E-state index in [0.717, 1.165) is 46.2 Å². The molecule has 164 valence electrons. The SMILES string of the molecule is N#C/C(=C\c1cc(Br)ccc1OCc1ccccc1)C(=O)Nc1sc2c(c1C#N)CCCC2. The molecule has 4 rings (SSSR count). The van der Waals surface area contributed by atoms with E-state index >= 15 is 0 Å². The number of anilines is 1. The Labute approximate surface area is 205 Å². The van der Waals surface area contributed by atoms with Gasteiger partial charge in [0.15, 0.2) is 0 Å².